The molecule has 7 heteroatoms. The Hall–Kier alpha value is -1.92. The summed E-state index contributed by atoms with van der Waals surface area (Å²) in [5, 5.41) is 0.349. The van der Waals surface area contributed by atoms with E-state index in [-0.39, 0.29) is 11.4 Å². The Morgan fingerprint density at radius 1 is 1.04 bits per heavy atom. The maximum absolute atomic E-state index is 13.0. The summed E-state index contributed by atoms with van der Waals surface area (Å²) in [5.41, 5.74) is 1.37. The van der Waals surface area contributed by atoms with Crippen molar-refractivity contribution >= 4 is 27.3 Å². The molecule has 0 unspecified atom stereocenters. The van der Waals surface area contributed by atoms with Crippen LogP contribution in [0.15, 0.2) is 41.3 Å². The Balaban J connectivity index is 2.61. The number of hydrogen-bond acceptors (Lipinski definition) is 4. The molecule has 0 radical (unpaired) electrons. The predicted octanol–water partition coefficient (Wildman–Crippen LogP) is 3.88. The molecule has 0 saturated heterocycles. The highest BCUT2D eigenvalue weighted by atomic mass is 35.5. The van der Waals surface area contributed by atoms with Gasteiger partial charge in [0.05, 0.1) is 29.8 Å². The lowest BCUT2D eigenvalue weighted by molar-refractivity contribution is 0.404. The highest BCUT2D eigenvalue weighted by molar-refractivity contribution is 7.92. The molecule has 130 valence electrons. The first-order chi connectivity index (χ1) is 11.3. The molecule has 0 aromatic heterocycles. The molecule has 0 atom stereocenters. The number of benzene rings is 2. The van der Waals surface area contributed by atoms with Crippen molar-refractivity contribution < 1.29 is 17.9 Å². The Bertz CT molecular complexity index is 819. The van der Waals surface area contributed by atoms with Crippen LogP contribution in [-0.2, 0) is 10.0 Å². The average Bonchev–Trinajstić information content (AvgIpc) is 2.56. The van der Waals surface area contributed by atoms with Gasteiger partial charge in [0.1, 0.15) is 11.5 Å². The molecule has 0 saturated carbocycles. The lowest BCUT2D eigenvalue weighted by Crippen LogP contribution is -2.31. The fraction of sp³-hybridized carbons (Fsp3) is 0.294. The van der Waals surface area contributed by atoms with Gasteiger partial charge in [0, 0.05) is 18.7 Å². The van der Waals surface area contributed by atoms with E-state index in [0.717, 1.165) is 5.56 Å². The first-order valence-corrected chi connectivity index (χ1v) is 9.17. The van der Waals surface area contributed by atoms with Crippen LogP contribution in [0.4, 0.5) is 5.69 Å². The number of halogens is 1. The van der Waals surface area contributed by atoms with Crippen molar-refractivity contribution in [1.29, 1.82) is 0 Å². The molecule has 0 spiro atoms. The SMILES string of the molecule is CCN(c1cc(OC)c(Cl)cc1OC)S(=O)(=O)c1ccc(C)cc1. The van der Waals surface area contributed by atoms with Gasteiger partial charge in [-0.2, -0.15) is 0 Å². The average molecular weight is 370 g/mol. The van der Waals surface area contributed by atoms with Gasteiger partial charge >= 0.3 is 0 Å². The maximum atomic E-state index is 13.0. The van der Waals surface area contributed by atoms with E-state index in [1.54, 1.807) is 43.3 Å². The number of nitrogens with zero attached hydrogens (tertiary/aromatic N) is 1. The summed E-state index contributed by atoms with van der Waals surface area (Å²) in [6.07, 6.45) is 0. The zero-order valence-electron chi connectivity index (χ0n) is 14.0. The van der Waals surface area contributed by atoms with E-state index in [1.165, 1.54) is 18.5 Å². The Kier molecular flexibility index (Phi) is 5.62. The normalized spacial score (nSPS) is 11.2. The summed E-state index contributed by atoms with van der Waals surface area (Å²) in [6.45, 7) is 3.89. The molecule has 0 fully saturated rings. The van der Waals surface area contributed by atoms with Crippen molar-refractivity contribution in [3.05, 3.63) is 47.0 Å². The predicted molar refractivity (Wildman–Crippen MR) is 95.9 cm³/mol. The number of anilines is 1. The van der Waals surface area contributed by atoms with Gasteiger partial charge < -0.3 is 9.47 Å². The Morgan fingerprint density at radius 3 is 2.12 bits per heavy atom. The van der Waals surface area contributed by atoms with E-state index < -0.39 is 10.0 Å². The van der Waals surface area contributed by atoms with Crippen molar-refractivity contribution in [1.82, 2.24) is 0 Å². The number of ether oxygens (including phenoxy) is 2. The van der Waals surface area contributed by atoms with Crippen molar-refractivity contribution in [2.24, 2.45) is 0 Å². The molecule has 0 amide bonds. The van der Waals surface area contributed by atoms with Crippen molar-refractivity contribution in [3.8, 4) is 11.5 Å². The van der Waals surface area contributed by atoms with Gasteiger partial charge in [0.25, 0.3) is 10.0 Å². The van der Waals surface area contributed by atoms with E-state index in [1.807, 2.05) is 6.92 Å². The fourth-order valence-electron chi connectivity index (χ4n) is 2.35. The smallest absolute Gasteiger partial charge is 0.264 e. The van der Waals surface area contributed by atoms with E-state index in [0.29, 0.717) is 22.2 Å². The van der Waals surface area contributed by atoms with Crippen molar-refractivity contribution in [2.75, 3.05) is 25.1 Å². The molecule has 0 aliphatic carbocycles. The zero-order valence-corrected chi connectivity index (χ0v) is 15.6. The Labute approximate surface area is 147 Å². The van der Waals surface area contributed by atoms with Crippen LogP contribution in [0, 0.1) is 6.92 Å². The third-order valence-corrected chi connectivity index (χ3v) is 5.82. The largest absolute Gasteiger partial charge is 0.495 e. The van der Waals surface area contributed by atoms with Crippen LogP contribution in [0.1, 0.15) is 12.5 Å². The van der Waals surface area contributed by atoms with Crippen LogP contribution in [0.25, 0.3) is 0 Å². The monoisotopic (exact) mass is 369 g/mol. The van der Waals surface area contributed by atoms with Gasteiger partial charge in [0.15, 0.2) is 0 Å². The lowest BCUT2D eigenvalue weighted by atomic mass is 10.2. The van der Waals surface area contributed by atoms with Gasteiger partial charge in [-0.3, -0.25) is 4.31 Å². The quantitative estimate of drug-likeness (QED) is 0.775. The first kappa shape index (κ1) is 18.4. The van der Waals surface area contributed by atoms with Crippen molar-refractivity contribution in [2.45, 2.75) is 18.7 Å². The number of sulfonamides is 1. The number of aryl methyl sites for hydroxylation is 1. The minimum Gasteiger partial charge on any atom is -0.495 e. The van der Waals surface area contributed by atoms with Gasteiger partial charge in [-0.1, -0.05) is 29.3 Å². The third kappa shape index (κ3) is 3.44. The molecule has 0 aliphatic rings. The highest BCUT2D eigenvalue weighted by Gasteiger charge is 2.27. The molecule has 2 rings (SSSR count). The number of hydrogen-bond donors (Lipinski definition) is 0. The molecule has 24 heavy (non-hydrogen) atoms. The van der Waals surface area contributed by atoms with Gasteiger partial charge in [-0.15, -0.1) is 0 Å². The molecular weight excluding hydrogens is 350 g/mol. The second-order valence-corrected chi connectivity index (χ2v) is 7.41. The summed E-state index contributed by atoms with van der Waals surface area (Å²) in [7, 11) is -0.796. The summed E-state index contributed by atoms with van der Waals surface area (Å²) in [5.74, 6) is 0.739. The summed E-state index contributed by atoms with van der Waals surface area (Å²) >= 11 is 6.10. The van der Waals surface area contributed by atoms with Crippen LogP contribution in [-0.4, -0.2) is 29.2 Å². The molecule has 2 aromatic carbocycles. The van der Waals surface area contributed by atoms with Crippen molar-refractivity contribution in [3.63, 3.8) is 0 Å². The first-order valence-electron chi connectivity index (χ1n) is 7.36. The van der Waals surface area contributed by atoms with Crippen LogP contribution < -0.4 is 13.8 Å². The van der Waals surface area contributed by atoms with E-state index in [4.69, 9.17) is 21.1 Å². The van der Waals surface area contributed by atoms with Gasteiger partial charge in [0.2, 0.25) is 0 Å². The fourth-order valence-corrected chi connectivity index (χ4v) is 4.05. The van der Waals surface area contributed by atoms with Crippen LogP contribution >= 0.6 is 11.6 Å². The molecular formula is C17H20ClNO4S. The lowest BCUT2D eigenvalue weighted by Gasteiger charge is -2.25. The van der Waals surface area contributed by atoms with Crippen LogP contribution in [0.2, 0.25) is 5.02 Å². The number of rotatable bonds is 6. The second-order valence-electron chi connectivity index (χ2n) is 5.14. The molecule has 5 nitrogen and oxygen atoms in total. The highest BCUT2D eigenvalue weighted by Crippen LogP contribution is 2.39. The minimum absolute atomic E-state index is 0.214. The standard InChI is InChI=1S/C17H20ClNO4S/c1-5-19(24(20,21)13-8-6-12(2)7-9-13)15-11-16(22-3)14(18)10-17(15)23-4/h6-11H,5H2,1-4H3. The maximum Gasteiger partial charge on any atom is 0.264 e. The Morgan fingerprint density at radius 2 is 1.62 bits per heavy atom. The van der Waals surface area contributed by atoms with E-state index in [9.17, 15) is 8.42 Å². The molecule has 2 aromatic rings. The van der Waals surface area contributed by atoms with E-state index >= 15 is 0 Å². The number of methoxy groups -OCH3 is 2. The van der Waals surface area contributed by atoms with E-state index in [2.05, 4.69) is 0 Å². The molecule has 0 N–H and O–H groups in total. The van der Waals surface area contributed by atoms with Crippen LogP contribution in [0.3, 0.4) is 0 Å². The summed E-state index contributed by atoms with van der Waals surface area (Å²) in [4.78, 5) is 0.214. The minimum atomic E-state index is -3.74. The molecule has 0 heterocycles. The van der Waals surface area contributed by atoms with Crippen LogP contribution in [0.5, 0.6) is 11.5 Å². The second kappa shape index (κ2) is 7.32. The molecule has 0 bridgehead atoms. The zero-order chi connectivity index (χ0) is 17.9. The molecule has 0 aliphatic heterocycles. The third-order valence-electron chi connectivity index (χ3n) is 3.62. The summed E-state index contributed by atoms with van der Waals surface area (Å²) in [6, 6.07) is 9.82. The topological polar surface area (TPSA) is 55.8 Å². The van der Waals surface area contributed by atoms with Gasteiger partial charge in [-0.05, 0) is 26.0 Å². The van der Waals surface area contributed by atoms with Gasteiger partial charge in [-0.25, -0.2) is 8.42 Å². The summed E-state index contributed by atoms with van der Waals surface area (Å²) < 4.78 is 37.8.